The summed E-state index contributed by atoms with van der Waals surface area (Å²) in [6.45, 7) is 5.09. The van der Waals surface area contributed by atoms with Crippen LogP contribution in [-0.2, 0) is 6.42 Å². The van der Waals surface area contributed by atoms with Crippen molar-refractivity contribution in [3.05, 3.63) is 23.4 Å². The van der Waals surface area contributed by atoms with Gasteiger partial charge in [0.05, 0.1) is 0 Å². The van der Waals surface area contributed by atoms with Gasteiger partial charge in [-0.1, -0.05) is 20.3 Å². The summed E-state index contributed by atoms with van der Waals surface area (Å²) < 4.78 is 0. The van der Waals surface area contributed by atoms with Crippen molar-refractivity contribution in [2.24, 2.45) is 0 Å². The minimum absolute atomic E-state index is 0.0225. The standard InChI is InChI=1S/C14H23N3O/c1-5-7-12-9-11(14(18)17(3)4)10-13(16-12)15-8-6-2/h9-10H,5-8H2,1-4H3,(H,15,16). The monoisotopic (exact) mass is 249 g/mol. The van der Waals surface area contributed by atoms with E-state index in [9.17, 15) is 4.79 Å². The van der Waals surface area contributed by atoms with Crippen LogP contribution in [0.4, 0.5) is 5.82 Å². The van der Waals surface area contributed by atoms with E-state index < -0.39 is 0 Å². The SMILES string of the molecule is CCCNc1cc(C(=O)N(C)C)cc(CCC)n1. The van der Waals surface area contributed by atoms with Crippen LogP contribution in [0, 0.1) is 0 Å². The van der Waals surface area contributed by atoms with Gasteiger partial charge in [0.2, 0.25) is 0 Å². The van der Waals surface area contributed by atoms with E-state index >= 15 is 0 Å². The molecule has 0 radical (unpaired) electrons. The van der Waals surface area contributed by atoms with Crippen LogP contribution in [0.3, 0.4) is 0 Å². The van der Waals surface area contributed by atoms with Crippen molar-refractivity contribution < 1.29 is 4.79 Å². The molecule has 1 heterocycles. The van der Waals surface area contributed by atoms with E-state index in [4.69, 9.17) is 0 Å². The summed E-state index contributed by atoms with van der Waals surface area (Å²) in [6.07, 6.45) is 2.96. The summed E-state index contributed by atoms with van der Waals surface area (Å²) in [7, 11) is 3.53. The quantitative estimate of drug-likeness (QED) is 0.842. The number of carbonyl (C=O) groups is 1. The first-order chi connectivity index (χ1) is 8.58. The molecule has 100 valence electrons. The predicted molar refractivity (Wildman–Crippen MR) is 75.0 cm³/mol. The summed E-state index contributed by atoms with van der Waals surface area (Å²) in [5.74, 6) is 0.822. The molecule has 0 saturated carbocycles. The van der Waals surface area contributed by atoms with Crippen LogP contribution in [0.5, 0.6) is 0 Å². The molecule has 4 nitrogen and oxygen atoms in total. The van der Waals surface area contributed by atoms with E-state index in [-0.39, 0.29) is 5.91 Å². The van der Waals surface area contributed by atoms with Gasteiger partial charge in [0, 0.05) is 31.9 Å². The third-order valence-corrected chi connectivity index (χ3v) is 2.59. The van der Waals surface area contributed by atoms with Gasteiger partial charge in [0.1, 0.15) is 5.82 Å². The molecule has 0 saturated heterocycles. The second-order valence-electron chi connectivity index (χ2n) is 4.61. The number of anilines is 1. The topological polar surface area (TPSA) is 45.2 Å². The van der Waals surface area contributed by atoms with Gasteiger partial charge in [-0.25, -0.2) is 4.98 Å². The summed E-state index contributed by atoms with van der Waals surface area (Å²) in [6, 6.07) is 3.72. The fourth-order valence-corrected chi connectivity index (χ4v) is 1.70. The third-order valence-electron chi connectivity index (χ3n) is 2.59. The summed E-state index contributed by atoms with van der Waals surface area (Å²) in [5, 5.41) is 3.25. The van der Waals surface area contributed by atoms with Crippen LogP contribution in [0.25, 0.3) is 0 Å². The number of rotatable bonds is 6. The van der Waals surface area contributed by atoms with Crippen molar-refractivity contribution in [1.82, 2.24) is 9.88 Å². The van der Waals surface area contributed by atoms with Crippen LogP contribution in [0.1, 0.15) is 42.7 Å². The van der Waals surface area contributed by atoms with Gasteiger partial charge >= 0.3 is 0 Å². The zero-order valence-electron chi connectivity index (χ0n) is 11.8. The van der Waals surface area contributed by atoms with Gasteiger partial charge in [0.15, 0.2) is 0 Å². The number of hydrogen-bond acceptors (Lipinski definition) is 3. The maximum Gasteiger partial charge on any atom is 0.253 e. The van der Waals surface area contributed by atoms with Gasteiger partial charge in [-0.05, 0) is 25.0 Å². The molecule has 1 rings (SSSR count). The zero-order valence-corrected chi connectivity index (χ0v) is 11.8. The second-order valence-corrected chi connectivity index (χ2v) is 4.61. The Morgan fingerprint density at radius 2 is 2.00 bits per heavy atom. The van der Waals surface area contributed by atoms with Crippen molar-refractivity contribution >= 4 is 11.7 Å². The number of hydrogen-bond donors (Lipinski definition) is 1. The van der Waals surface area contributed by atoms with Crippen LogP contribution >= 0.6 is 0 Å². The van der Waals surface area contributed by atoms with Crippen molar-refractivity contribution in [2.75, 3.05) is 26.0 Å². The third kappa shape index (κ3) is 4.02. The summed E-state index contributed by atoms with van der Waals surface area (Å²) in [5.41, 5.74) is 1.68. The predicted octanol–water partition coefficient (Wildman–Crippen LogP) is 2.56. The molecule has 0 spiro atoms. The maximum absolute atomic E-state index is 12.0. The molecule has 0 aromatic carbocycles. The highest BCUT2D eigenvalue weighted by Crippen LogP contribution is 2.13. The fraction of sp³-hybridized carbons (Fsp3) is 0.571. The minimum Gasteiger partial charge on any atom is -0.370 e. The molecule has 0 aliphatic rings. The van der Waals surface area contributed by atoms with Gasteiger partial charge in [-0.2, -0.15) is 0 Å². The van der Waals surface area contributed by atoms with Crippen molar-refractivity contribution in [3.63, 3.8) is 0 Å². The molecule has 1 aromatic rings. The Morgan fingerprint density at radius 1 is 1.28 bits per heavy atom. The largest absolute Gasteiger partial charge is 0.370 e. The molecule has 1 amide bonds. The molecule has 0 bridgehead atoms. The molecule has 1 aromatic heterocycles. The highest BCUT2D eigenvalue weighted by molar-refractivity contribution is 5.94. The van der Waals surface area contributed by atoms with Crippen LogP contribution in [0.2, 0.25) is 0 Å². The lowest BCUT2D eigenvalue weighted by molar-refractivity contribution is 0.0827. The highest BCUT2D eigenvalue weighted by Gasteiger charge is 2.11. The lowest BCUT2D eigenvalue weighted by Crippen LogP contribution is -2.22. The molecule has 0 aliphatic heterocycles. The number of nitrogens with one attached hydrogen (secondary N) is 1. The number of aryl methyl sites for hydroxylation is 1. The second kappa shape index (κ2) is 6.99. The Kier molecular flexibility index (Phi) is 5.62. The molecule has 0 unspecified atom stereocenters. The summed E-state index contributed by atoms with van der Waals surface area (Å²) in [4.78, 5) is 18.1. The first kappa shape index (κ1) is 14.5. The Bertz CT molecular complexity index is 402. The average molecular weight is 249 g/mol. The number of amides is 1. The fourth-order valence-electron chi connectivity index (χ4n) is 1.70. The molecular formula is C14H23N3O. The van der Waals surface area contributed by atoms with E-state index in [1.165, 1.54) is 0 Å². The lowest BCUT2D eigenvalue weighted by Gasteiger charge is -2.13. The van der Waals surface area contributed by atoms with Gasteiger partial charge < -0.3 is 10.2 Å². The van der Waals surface area contributed by atoms with Crippen LogP contribution in [0.15, 0.2) is 12.1 Å². The first-order valence-corrected chi connectivity index (χ1v) is 6.55. The number of carbonyl (C=O) groups excluding carboxylic acids is 1. The van der Waals surface area contributed by atoms with Crippen LogP contribution < -0.4 is 5.32 Å². The number of nitrogens with zero attached hydrogens (tertiary/aromatic N) is 2. The number of aromatic nitrogens is 1. The van der Waals surface area contributed by atoms with Gasteiger partial charge in [-0.3, -0.25) is 4.79 Å². The number of pyridine rings is 1. The minimum atomic E-state index is 0.0225. The first-order valence-electron chi connectivity index (χ1n) is 6.55. The smallest absolute Gasteiger partial charge is 0.253 e. The van der Waals surface area contributed by atoms with E-state index in [1.54, 1.807) is 19.0 Å². The Morgan fingerprint density at radius 3 is 2.56 bits per heavy atom. The lowest BCUT2D eigenvalue weighted by atomic mass is 10.1. The highest BCUT2D eigenvalue weighted by atomic mass is 16.2. The molecule has 1 N–H and O–H groups in total. The van der Waals surface area contributed by atoms with E-state index in [0.29, 0.717) is 5.56 Å². The molecule has 0 fully saturated rings. The van der Waals surface area contributed by atoms with Gasteiger partial charge in [0.25, 0.3) is 5.91 Å². The Hall–Kier alpha value is -1.58. The van der Waals surface area contributed by atoms with Crippen LogP contribution in [-0.4, -0.2) is 36.4 Å². The Balaban J connectivity index is 3.01. The van der Waals surface area contributed by atoms with Crippen molar-refractivity contribution in [1.29, 1.82) is 0 Å². The molecule has 4 heteroatoms. The average Bonchev–Trinajstić information content (AvgIpc) is 2.35. The van der Waals surface area contributed by atoms with Crippen molar-refractivity contribution in [2.45, 2.75) is 33.1 Å². The zero-order chi connectivity index (χ0) is 13.5. The molecule has 0 atom stereocenters. The molecule has 0 aliphatic carbocycles. The van der Waals surface area contributed by atoms with Gasteiger partial charge in [-0.15, -0.1) is 0 Å². The van der Waals surface area contributed by atoms with E-state index in [1.807, 2.05) is 12.1 Å². The normalized spacial score (nSPS) is 10.2. The molecule has 18 heavy (non-hydrogen) atoms. The van der Waals surface area contributed by atoms with E-state index in [0.717, 1.165) is 37.3 Å². The van der Waals surface area contributed by atoms with E-state index in [2.05, 4.69) is 24.1 Å². The summed E-state index contributed by atoms with van der Waals surface area (Å²) >= 11 is 0. The maximum atomic E-state index is 12.0. The molecular weight excluding hydrogens is 226 g/mol. The van der Waals surface area contributed by atoms with Crippen molar-refractivity contribution in [3.8, 4) is 0 Å². The Labute approximate surface area is 109 Å².